The van der Waals surface area contributed by atoms with E-state index in [2.05, 4.69) is 50.3 Å². The van der Waals surface area contributed by atoms with Gasteiger partial charge >= 0.3 is 0 Å². The molecule has 1 unspecified atom stereocenters. The Morgan fingerprint density at radius 2 is 2.11 bits per heavy atom. The number of aryl methyl sites for hydroxylation is 1. The highest BCUT2D eigenvalue weighted by Crippen LogP contribution is 2.36. The molecule has 0 aliphatic carbocycles. The van der Waals surface area contributed by atoms with E-state index in [-0.39, 0.29) is 5.41 Å². The molecule has 2 aromatic rings. The first kappa shape index (κ1) is 14.1. The van der Waals surface area contributed by atoms with E-state index in [4.69, 9.17) is 5.73 Å². The predicted octanol–water partition coefficient (Wildman–Crippen LogP) is 3.96. The molecular weight excluding hydrogens is 254 g/mol. The Labute approximate surface area is 119 Å². The van der Waals surface area contributed by atoms with E-state index in [1.807, 2.05) is 7.05 Å². The SMILES string of the molecule is CC(Cc1nn(C)c(N)c1-c1cccs1)C(C)(C)C. The van der Waals surface area contributed by atoms with Crippen molar-refractivity contribution in [3.8, 4) is 10.4 Å². The van der Waals surface area contributed by atoms with Crippen LogP contribution in [0.4, 0.5) is 5.82 Å². The van der Waals surface area contributed by atoms with Crippen LogP contribution in [0.25, 0.3) is 10.4 Å². The number of thiophene rings is 1. The zero-order chi connectivity index (χ0) is 14.2. The molecule has 3 nitrogen and oxygen atoms in total. The van der Waals surface area contributed by atoms with Crippen LogP contribution < -0.4 is 5.73 Å². The van der Waals surface area contributed by atoms with Crippen LogP contribution in [-0.2, 0) is 13.5 Å². The van der Waals surface area contributed by atoms with E-state index in [1.54, 1.807) is 16.0 Å². The molecule has 2 N–H and O–H groups in total. The zero-order valence-electron chi connectivity index (χ0n) is 12.4. The number of nitrogens with two attached hydrogens (primary N) is 1. The molecule has 0 fully saturated rings. The van der Waals surface area contributed by atoms with Crippen molar-refractivity contribution in [2.24, 2.45) is 18.4 Å². The molecule has 1 atom stereocenters. The molecule has 0 aliphatic heterocycles. The van der Waals surface area contributed by atoms with Gasteiger partial charge < -0.3 is 5.73 Å². The third-order valence-electron chi connectivity index (χ3n) is 3.91. The van der Waals surface area contributed by atoms with Crippen molar-refractivity contribution in [2.75, 3.05) is 5.73 Å². The molecule has 19 heavy (non-hydrogen) atoms. The minimum Gasteiger partial charge on any atom is -0.383 e. The Morgan fingerprint density at radius 3 is 2.63 bits per heavy atom. The summed E-state index contributed by atoms with van der Waals surface area (Å²) in [6.07, 6.45) is 0.960. The fourth-order valence-corrected chi connectivity index (χ4v) is 2.82. The minimum absolute atomic E-state index is 0.277. The van der Waals surface area contributed by atoms with Crippen LogP contribution >= 0.6 is 11.3 Å². The number of anilines is 1. The molecule has 0 bridgehead atoms. The molecule has 0 aliphatic rings. The number of nitrogens with zero attached hydrogens (tertiary/aromatic N) is 2. The summed E-state index contributed by atoms with van der Waals surface area (Å²) in [4.78, 5) is 1.21. The summed E-state index contributed by atoms with van der Waals surface area (Å²) in [6.45, 7) is 9.10. The average molecular weight is 277 g/mol. The average Bonchev–Trinajstić information content (AvgIpc) is 2.88. The molecular formula is C15H23N3S. The fourth-order valence-electron chi connectivity index (χ4n) is 2.02. The van der Waals surface area contributed by atoms with Crippen LogP contribution in [0.1, 0.15) is 33.4 Å². The van der Waals surface area contributed by atoms with Crippen LogP contribution in [0, 0.1) is 11.3 Å². The second kappa shape index (κ2) is 5.00. The number of hydrogen-bond acceptors (Lipinski definition) is 3. The van der Waals surface area contributed by atoms with Crippen molar-refractivity contribution < 1.29 is 0 Å². The van der Waals surface area contributed by atoms with Gasteiger partial charge in [-0.3, -0.25) is 4.68 Å². The molecule has 0 amide bonds. The van der Waals surface area contributed by atoms with Crippen molar-refractivity contribution in [3.63, 3.8) is 0 Å². The van der Waals surface area contributed by atoms with Gasteiger partial charge in [0.2, 0.25) is 0 Å². The first-order chi connectivity index (χ1) is 8.80. The normalized spacial score (nSPS) is 13.7. The molecule has 0 radical (unpaired) electrons. The number of hydrogen-bond donors (Lipinski definition) is 1. The van der Waals surface area contributed by atoms with Crippen molar-refractivity contribution >= 4 is 17.2 Å². The Kier molecular flexibility index (Phi) is 3.72. The van der Waals surface area contributed by atoms with Gasteiger partial charge in [0.1, 0.15) is 5.82 Å². The standard InChI is InChI=1S/C15H23N3S/c1-10(15(2,3)4)9-11-13(12-7-6-8-19-12)14(16)18(5)17-11/h6-8,10H,9,16H2,1-5H3. The highest BCUT2D eigenvalue weighted by molar-refractivity contribution is 7.13. The molecule has 0 saturated heterocycles. The lowest BCUT2D eigenvalue weighted by Crippen LogP contribution is -2.20. The van der Waals surface area contributed by atoms with Gasteiger partial charge in [-0.2, -0.15) is 5.10 Å². The molecule has 2 heterocycles. The molecule has 4 heteroatoms. The summed E-state index contributed by atoms with van der Waals surface area (Å²) in [5, 5.41) is 6.70. The van der Waals surface area contributed by atoms with Gasteiger partial charge in [0.25, 0.3) is 0 Å². The Morgan fingerprint density at radius 1 is 1.42 bits per heavy atom. The summed E-state index contributed by atoms with van der Waals surface area (Å²) in [6, 6.07) is 4.17. The molecule has 104 valence electrons. The summed E-state index contributed by atoms with van der Waals surface area (Å²) in [7, 11) is 1.91. The zero-order valence-corrected chi connectivity index (χ0v) is 13.2. The van der Waals surface area contributed by atoms with E-state index < -0.39 is 0 Å². The van der Waals surface area contributed by atoms with Crippen LogP contribution in [0.2, 0.25) is 0 Å². The third-order valence-corrected chi connectivity index (χ3v) is 4.80. The van der Waals surface area contributed by atoms with Crippen molar-refractivity contribution in [2.45, 2.75) is 34.1 Å². The summed E-state index contributed by atoms with van der Waals surface area (Å²) in [5.74, 6) is 1.32. The Hall–Kier alpha value is -1.29. The molecule has 0 saturated carbocycles. The minimum atomic E-state index is 0.277. The summed E-state index contributed by atoms with van der Waals surface area (Å²) >= 11 is 1.72. The third kappa shape index (κ3) is 2.84. The highest BCUT2D eigenvalue weighted by atomic mass is 32.1. The lowest BCUT2D eigenvalue weighted by molar-refractivity contribution is 0.258. The van der Waals surface area contributed by atoms with E-state index in [9.17, 15) is 0 Å². The maximum atomic E-state index is 6.19. The second-order valence-corrected chi connectivity index (χ2v) is 7.23. The van der Waals surface area contributed by atoms with Gasteiger partial charge in [-0.25, -0.2) is 0 Å². The largest absolute Gasteiger partial charge is 0.383 e. The van der Waals surface area contributed by atoms with E-state index >= 15 is 0 Å². The Bertz CT molecular complexity index is 547. The lowest BCUT2D eigenvalue weighted by atomic mass is 9.79. The van der Waals surface area contributed by atoms with E-state index in [0.717, 1.165) is 23.5 Å². The molecule has 2 aromatic heterocycles. The summed E-state index contributed by atoms with van der Waals surface area (Å²) < 4.78 is 1.79. The van der Waals surface area contributed by atoms with Crippen LogP contribution in [0.15, 0.2) is 17.5 Å². The first-order valence-corrected chi connectivity index (χ1v) is 7.54. The second-order valence-electron chi connectivity index (χ2n) is 6.28. The van der Waals surface area contributed by atoms with Crippen LogP contribution in [-0.4, -0.2) is 9.78 Å². The quantitative estimate of drug-likeness (QED) is 0.923. The van der Waals surface area contributed by atoms with Gasteiger partial charge in [0, 0.05) is 11.9 Å². The van der Waals surface area contributed by atoms with Gasteiger partial charge in [0.05, 0.1) is 11.3 Å². The first-order valence-electron chi connectivity index (χ1n) is 6.66. The van der Waals surface area contributed by atoms with Gasteiger partial charge in [-0.15, -0.1) is 11.3 Å². The maximum absolute atomic E-state index is 6.19. The van der Waals surface area contributed by atoms with Gasteiger partial charge in [-0.05, 0) is 29.2 Å². The van der Waals surface area contributed by atoms with Gasteiger partial charge in [0.15, 0.2) is 0 Å². The van der Waals surface area contributed by atoms with Gasteiger partial charge in [-0.1, -0.05) is 33.8 Å². The molecule has 2 rings (SSSR count). The molecule has 0 spiro atoms. The summed E-state index contributed by atoms with van der Waals surface area (Å²) in [5.41, 5.74) is 8.70. The van der Waals surface area contributed by atoms with Crippen molar-refractivity contribution in [1.29, 1.82) is 0 Å². The smallest absolute Gasteiger partial charge is 0.130 e. The molecule has 0 aromatic carbocycles. The number of aromatic nitrogens is 2. The van der Waals surface area contributed by atoms with Crippen molar-refractivity contribution in [3.05, 3.63) is 23.2 Å². The predicted molar refractivity (Wildman–Crippen MR) is 83.3 cm³/mol. The van der Waals surface area contributed by atoms with Crippen molar-refractivity contribution in [1.82, 2.24) is 9.78 Å². The lowest BCUT2D eigenvalue weighted by Gasteiger charge is -2.26. The van der Waals surface area contributed by atoms with Crippen LogP contribution in [0.3, 0.4) is 0 Å². The number of rotatable bonds is 3. The highest BCUT2D eigenvalue weighted by Gasteiger charge is 2.24. The van der Waals surface area contributed by atoms with Crippen LogP contribution in [0.5, 0.6) is 0 Å². The monoisotopic (exact) mass is 277 g/mol. The number of nitrogen functional groups attached to an aromatic ring is 1. The fraction of sp³-hybridized carbons (Fsp3) is 0.533. The topological polar surface area (TPSA) is 43.8 Å². The maximum Gasteiger partial charge on any atom is 0.130 e. The van der Waals surface area contributed by atoms with E-state index in [0.29, 0.717) is 5.92 Å². The van der Waals surface area contributed by atoms with E-state index in [1.165, 1.54) is 4.88 Å². The Balaban J connectivity index is 2.39.